The van der Waals surface area contributed by atoms with Crippen LogP contribution in [0, 0.1) is 0 Å². The van der Waals surface area contributed by atoms with Crippen LogP contribution in [0.4, 0.5) is 0 Å². The van der Waals surface area contributed by atoms with Crippen molar-refractivity contribution in [3.63, 3.8) is 0 Å². The molecule has 3 aromatic carbocycles. The van der Waals surface area contributed by atoms with E-state index >= 15 is 0 Å². The van der Waals surface area contributed by atoms with Gasteiger partial charge in [-0.3, -0.25) is 9.59 Å². The van der Waals surface area contributed by atoms with Crippen LogP contribution in [0.15, 0.2) is 65.7 Å². The van der Waals surface area contributed by atoms with E-state index in [0.717, 1.165) is 33.0 Å². The van der Waals surface area contributed by atoms with Gasteiger partial charge in [0.2, 0.25) is 0 Å². The Labute approximate surface area is 178 Å². The molecule has 0 atom stereocenters. The third-order valence-corrected chi connectivity index (χ3v) is 6.15. The maximum absolute atomic E-state index is 12.8. The lowest BCUT2D eigenvalue weighted by atomic mass is 10.0. The monoisotopic (exact) mass is 418 g/mol. The van der Waals surface area contributed by atoms with E-state index in [4.69, 9.17) is 4.74 Å². The Morgan fingerprint density at radius 2 is 1.87 bits per heavy atom. The van der Waals surface area contributed by atoms with Crippen LogP contribution in [0.2, 0.25) is 0 Å². The molecule has 0 bridgehead atoms. The molecule has 0 aliphatic rings. The number of hydrogen-bond donors (Lipinski definition) is 0. The number of thiazole rings is 1. The van der Waals surface area contributed by atoms with E-state index in [9.17, 15) is 9.59 Å². The molecule has 1 aromatic heterocycles. The first-order valence-corrected chi connectivity index (χ1v) is 10.6. The molecule has 1 heterocycles. The first kappa shape index (κ1) is 20.0. The number of rotatable bonds is 5. The summed E-state index contributed by atoms with van der Waals surface area (Å²) in [5, 5.41) is 2.15. The molecule has 0 saturated carbocycles. The average molecular weight is 419 g/mol. The van der Waals surface area contributed by atoms with Gasteiger partial charge in [0, 0.05) is 0 Å². The van der Waals surface area contributed by atoms with Crippen molar-refractivity contribution < 1.29 is 14.3 Å². The van der Waals surface area contributed by atoms with E-state index in [2.05, 4.69) is 18.0 Å². The summed E-state index contributed by atoms with van der Waals surface area (Å²) in [4.78, 5) is 29.7. The van der Waals surface area contributed by atoms with E-state index in [1.807, 2.05) is 54.6 Å². The Morgan fingerprint density at radius 1 is 1.07 bits per heavy atom. The molecule has 0 unspecified atom stereocenters. The van der Waals surface area contributed by atoms with Gasteiger partial charge in [0.1, 0.15) is 6.54 Å². The van der Waals surface area contributed by atoms with Crippen molar-refractivity contribution in [1.82, 2.24) is 4.57 Å². The number of carbonyl (C=O) groups is 2. The summed E-state index contributed by atoms with van der Waals surface area (Å²) in [6, 6.07) is 20.0. The van der Waals surface area contributed by atoms with E-state index in [0.29, 0.717) is 4.80 Å². The highest BCUT2D eigenvalue weighted by Gasteiger charge is 2.13. The highest BCUT2D eigenvalue weighted by atomic mass is 32.1. The molecule has 30 heavy (non-hydrogen) atoms. The molecule has 6 heteroatoms. The van der Waals surface area contributed by atoms with Crippen molar-refractivity contribution in [2.24, 2.45) is 4.99 Å². The molecule has 0 aliphatic heterocycles. The molecule has 4 aromatic rings. The zero-order valence-corrected chi connectivity index (χ0v) is 17.7. The van der Waals surface area contributed by atoms with Gasteiger partial charge in [-0.1, -0.05) is 66.8 Å². The lowest BCUT2D eigenvalue weighted by molar-refractivity contribution is -0.141. The van der Waals surface area contributed by atoms with Gasteiger partial charge in [-0.25, -0.2) is 0 Å². The summed E-state index contributed by atoms with van der Waals surface area (Å²) in [5.74, 6) is -0.621. The number of benzene rings is 3. The molecule has 152 valence electrons. The minimum atomic E-state index is -0.378. The summed E-state index contributed by atoms with van der Waals surface area (Å²) in [7, 11) is 1.36. The fraction of sp³-hybridized carbons (Fsp3) is 0.208. The van der Waals surface area contributed by atoms with Gasteiger partial charge >= 0.3 is 5.97 Å². The van der Waals surface area contributed by atoms with Gasteiger partial charge < -0.3 is 9.30 Å². The lowest BCUT2D eigenvalue weighted by Gasteiger charge is -2.05. The minimum Gasteiger partial charge on any atom is -0.468 e. The number of aryl methyl sites for hydroxylation is 1. The fourth-order valence-corrected chi connectivity index (χ4v) is 4.64. The molecule has 0 spiro atoms. The van der Waals surface area contributed by atoms with Crippen molar-refractivity contribution in [3.8, 4) is 0 Å². The predicted molar refractivity (Wildman–Crippen MR) is 119 cm³/mol. The van der Waals surface area contributed by atoms with Crippen LogP contribution >= 0.6 is 11.3 Å². The van der Waals surface area contributed by atoms with Crippen LogP contribution in [0.3, 0.4) is 0 Å². The van der Waals surface area contributed by atoms with Gasteiger partial charge in [0.15, 0.2) is 4.80 Å². The molecular formula is C24H22N2O3S. The molecule has 1 amide bonds. The Kier molecular flexibility index (Phi) is 5.77. The van der Waals surface area contributed by atoms with Crippen molar-refractivity contribution >= 4 is 44.2 Å². The zero-order chi connectivity index (χ0) is 21.1. The standard InChI is InChI=1S/C24H22N2O3S/c1-3-16-11-12-20-21(13-16)30-24(26(20)15-23(28)29-2)25-22(27)14-18-9-6-8-17-7-4-5-10-19(17)18/h4-13H,3,14-15H2,1-2H3. The molecule has 0 aliphatic carbocycles. The van der Waals surface area contributed by atoms with Crippen LogP contribution in [0.5, 0.6) is 0 Å². The Hall–Kier alpha value is -3.25. The van der Waals surface area contributed by atoms with Crippen molar-refractivity contribution in [2.45, 2.75) is 26.3 Å². The van der Waals surface area contributed by atoms with Crippen LogP contribution in [-0.4, -0.2) is 23.6 Å². The summed E-state index contributed by atoms with van der Waals surface area (Å²) in [6.07, 6.45) is 1.12. The highest BCUT2D eigenvalue weighted by Crippen LogP contribution is 2.21. The quantitative estimate of drug-likeness (QED) is 0.455. The molecule has 0 saturated heterocycles. The molecule has 4 rings (SSSR count). The van der Waals surface area contributed by atoms with Crippen LogP contribution in [0.25, 0.3) is 21.0 Å². The van der Waals surface area contributed by atoms with Gasteiger partial charge in [-0.2, -0.15) is 4.99 Å². The van der Waals surface area contributed by atoms with E-state index in [1.165, 1.54) is 24.0 Å². The first-order chi connectivity index (χ1) is 14.6. The fourth-order valence-electron chi connectivity index (χ4n) is 3.53. The molecule has 0 N–H and O–H groups in total. The summed E-state index contributed by atoms with van der Waals surface area (Å²) >= 11 is 1.42. The smallest absolute Gasteiger partial charge is 0.325 e. The second kappa shape index (κ2) is 8.63. The molecule has 5 nitrogen and oxygen atoms in total. The number of carbonyl (C=O) groups excluding carboxylic acids is 2. The van der Waals surface area contributed by atoms with Crippen LogP contribution in [0.1, 0.15) is 18.1 Å². The number of amides is 1. The maximum Gasteiger partial charge on any atom is 0.325 e. The highest BCUT2D eigenvalue weighted by molar-refractivity contribution is 7.16. The molecule has 0 radical (unpaired) electrons. The minimum absolute atomic E-state index is 0.0162. The summed E-state index contributed by atoms with van der Waals surface area (Å²) < 4.78 is 7.59. The van der Waals surface area contributed by atoms with Gasteiger partial charge in [-0.15, -0.1) is 0 Å². The van der Waals surface area contributed by atoms with Crippen molar-refractivity contribution in [3.05, 3.63) is 76.6 Å². The average Bonchev–Trinajstić information content (AvgIpc) is 3.09. The van der Waals surface area contributed by atoms with Gasteiger partial charge in [0.05, 0.1) is 23.7 Å². The second-order valence-electron chi connectivity index (χ2n) is 7.02. The SMILES string of the molecule is CCc1ccc2c(c1)sc(=NC(=O)Cc1cccc3ccccc13)n2CC(=O)OC. The lowest BCUT2D eigenvalue weighted by Crippen LogP contribution is -2.22. The van der Waals surface area contributed by atoms with Crippen LogP contribution < -0.4 is 4.80 Å². The van der Waals surface area contributed by atoms with Gasteiger partial charge in [-0.05, 0) is 40.5 Å². The topological polar surface area (TPSA) is 60.7 Å². The zero-order valence-electron chi connectivity index (χ0n) is 16.9. The van der Waals surface area contributed by atoms with E-state index in [1.54, 1.807) is 4.57 Å². The van der Waals surface area contributed by atoms with Crippen LogP contribution in [-0.2, 0) is 33.7 Å². The Bertz CT molecular complexity index is 1310. The number of methoxy groups -OCH3 is 1. The number of fused-ring (bicyclic) bond motifs is 2. The Balaban J connectivity index is 1.75. The summed E-state index contributed by atoms with van der Waals surface area (Å²) in [5.41, 5.74) is 3.01. The number of ether oxygens (including phenoxy) is 1. The molecular weight excluding hydrogens is 396 g/mol. The normalized spacial score (nSPS) is 11.9. The van der Waals surface area contributed by atoms with E-state index < -0.39 is 0 Å². The Morgan fingerprint density at radius 3 is 2.67 bits per heavy atom. The number of aromatic nitrogens is 1. The maximum atomic E-state index is 12.8. The third kappa shape index (κ3) is 4.04. The third-order valence-electron chi connectivity index (χ3n) is 5.11. The summed E-state index contributed by atoms with van der Waals surface area (Å²) in [6.45, 7) is 2.11. The second-order valence-corrected chi connectivity index (χ2v) is 8.03. The predicted octanol–water partition coefficient (Wildman–Crippen LogP) is 4.26. The largest absolute Gasteiger partial charge is 0.468 e. The van der Waals surface area contributed by atoms with Gasteiger partial charge in [0.25, 0.3) is 5.91 Å². The van der Waals surface area contributed by atoms with E-state index in [-0.39, 0.29) is 24.8 Å². The number of esters is 1. The van der Waals surface area contributed by atoms with Crippen molar-refractivity contribution in [1.29, 1.82) is 0 Å². The number of nitrogens with zero attached hydrogens (tertiary/aromatic N) is 2. The van der Waals surface area contributed by atoms with Crippen molar-refractivity contribution in [2.75, 3.05) is 7.11 Å². The number of hydrogen-bond acceptors (Lipinski definition) is 4. The first-order valence-electron chi connectivity index (χ1n) is 9.82. The molecule has 0 fully saturated rings.